The number of aryl methyl sites for hydroxylation is 2. The second-order valence-electron chi connectivity index (χ2n) is 7.27. The van der Waals surface area contributed by atoms with E-state index in [4.69, 9.17) is 0 Å². The second kappa shape index (κ2) is 6.12. The Morgan fingerprint density at radius 1 is 1.26 bits per heavy atom. The molecule has 3 heteroatoms. The van der Waals surface area contributed by atoms with Crippen molar-refractivity contribution in [2.24, 2.45) is 7.05 Å². The van der Waals surface area contributed by atoms with Crippen LogP contribution in [0.2, 0.25) is 0 Å². The maximum Gasteiger partial charge on any atom is 0.0674 e. The van der Waals surface area contributed by atoms with Crippen LogP contribution in [0.15, 0.2) is 18.2 Å². The maximum absolute atomic E-state index is 4.61. The summed E-state index contributed by atoms with van der Waals surface area (Å²) >= 11 is 0. The molecule has 0 fully saturated rings. The van der Waals surface area contributed by atoms with E-state index >= 15 is 0 Å². The monoisotopic (exact) mass is 311 g/mol. The quantitative estimate of drug-likeness (QED) is 0.857. The molecule has 0 N–H and O–H groups in total. The molecule has 124 valence electrons. The van der Waals surface area contributed by atoms with Crippen LogP contribution in [0, 0.1) is 13.8 Å². The van der Waals surface area contributed by atoms with Gasteiger partial charge in [0.2, 0.25) is 0 Å². The van der Waals surface area contributed by atoms with Crippen molar-refractivity contribution in [3.8, 4) is 11.1 Å². The molecule has 0 radical (unpaired) electrons. The molecule has 1 aromatic carbocycles. The zero-order chi connectivity index (χ0) is 16.7. The van der Waals surface area contributed by atoms with Crippen molar-refractivity contribution < 1.29 is 0 Å². The van der Waals surface area contributed by atoms with Crippen LogP contribution in [-0.4, -0.2) is 33.8 Å². The van der Waals surface area contributed by atoms with Crippen molar-refractivity contribution >= 4 is 0 Å². The summed E-state index contributed by atoms with van der Waals surface area (Å²) in [5.41, 5.74) is 8.20. The zero-order valence-corrected chi connectivity index (χ0v) is 15.3. The Bertz CT molecular complexity index is 712. The van der Waals surface area contributed by atoms with Crippen molar-refractivity contribution in [2.75, 3.05) is 7.05 Å². The lowest BCUT2D eigenvalue weighted by atomic mass is 9.82. The lowest BCUT2D eigenvalue weighted by Crippen LogP contribution is -2.40. The van der Waals surface area contributed by atoms with Gasteiger partial charge in [-0.05, 0) is 70.7 Å². The van der Waals surface area contributed by atoms with Crippen LogP contribution >= 0.6 is 0 Å². The standard InChI is InChI=1S/C20H29N3/c1-13(2)22(5)17-10-11-18-16(12-17)8-7-9-19(18)20-14(3)21-23(6)15(20)4/h7-9,13,17H,10-12H2,1-6H3. The number of likely N-dealkylation sites (N-methyl/N-ethyl adjacent to an activating group) is 1. The van der Waals surface area contributed by atoms with Crippen molar-refractivity contribution in [2.45, 2.75) is 59.0 Å². The van der Waals surface area contributed by atoms with Gasteiger partial charge in [0.15, 0.2) is 0 Å². The number of hydrogen-bond acceptors (Lipinski definition) is 2. The molecule has 0 bridgehead atoms. The third-order valence-corrected chi connectivity index (χ3v) is 5.63. The van der Waals surface area contributed by atoms with Crippen LogP contribution in [0.25, 0.3) is 11.1 Å². The lowest BCUT2D eigenvalue weighted by molar-refractivity contribution is 0.179. The summed E-state index contributed by atoms with van der Waals surface area (Å²) in [5.74, 6) is 0. The fourth-order valence-corrected chi connectivity index (χ4v) is 3.95. The molecular formula is C20H29N3. The molecule has 3 nitrogen and oxygen atoms in total. The minimum absolute atomic E-state index is 0.604. The van der Waals surface area contributed by atoms with Gasteiger partial charge in [0, 0.05) is 30.4 Å². The van der Waals surface area contributed by atoms with E-state index in [-0.39, 0.29) is 0 Å². The average Bonchev–Trinajstić information content (AvgIpc) is 2.78. The molecule has 1 aliphatic rings. The molecule has 0 spiro atoms. The third kappa shape index (κ3) is 2.83. The SMILES string of the molecule is Cc1nn(C)c(C)c1-c1cccc2c1CCC(N(C)C(C)C)C2. The summed E-state index contributed by atoms with van der Waals surface area (Å²) in [6, 6.07) is 8.08. The van der Waals surface area contributed by atoms with E-state index in [0.29, 0.717) is 12.1 Å². The molecule has 1 unspecified atom stereocenters. The summed E-state index contributed by atoms with van der Waals surface area (Å²) in [6.07, 6.45) is 3.58. The highest BCUT2D eigenvalue weighted by Crippen LogP contribution is 2.35. The molecule has 0 aliphatic heterocycles. The van der Waals surface area contributed by atoms with Gasteiger partial charge in [-0.1, -0.05) is 18.2 Å². The van der Waals surface area contributed by atoms with Gasteiger partial charge in [0.05, 0.1) is 5.69 Å². The van der Waals surface area contributed by atoms with Crippen molar-refractivity contribution in [1.29, 1.82) is 0 Å². The Kier molecular flexibility index (Phi) is 4.33. The minimum atomic E-state index is 0.604. The van der Waals surface area contributed by atoms with Gasteiger partial charge in [-0.25, -0.2) is 0 Å². The molecule has 1 aliphatic carbocycles. The predicted octanol–water partition coefficient (Wildman–Crippen LogP) is 3.90. The van der Waals surface area contributed by atoms with Gasteiger partial charge in [-0.15, -0.1) is 0 Å². The first kappa shape index (κ1) is 16.3. The van der Waals surface area contributed by atoms with Crippen LogP contribution in [0.1, 0.15) is 42.8 Å². The van der Waals surface area contributed by atoms with Gasteiger partial charge < -0.3 is 4.90 Å². The van der Waals surface area contributed by atoms with Crippen molar-refractivity contribution in [1.82, 2.24) is 14.7 Å². The molecular weight excluding hydrogens is 282 g/mol. The number of benzene rings is 1. The number of hydrogen-bond donors (Lipinski definition) is 0. The van der Waals surface area contributed by atoms with E-state index in [2.05, 4.69) is 62.9 Å². The highest BCUT2D eigenvalue weighted by Gasteiger charge is 2.26. The van der Waals surface area contributed by atoms with E-state index in [1.807, 2.05) is 11.7 Å². The first-order valence-electron chi connectivity index (χ1n) is 8.73. The average molecular weight is 311 g/mol. The summed E-state index contributed by atoms with van der Waals surface area (Å²) in [5, 5.41) is 4.61. The Labute approximate surface area is 140 Å². The molecule has 1 atom stereocenters. The zero-order valence-electron chi connectivity index (χ0n) is 15.3. The molecule has 0 saturated heterocycles. The predicted molar refractivity (Wildman–Crippen MR) is 96.8 cm³/mol. The molecule has 0 saturated carbocycles. The number of fused-ring (bicyclic) bond motifs is 1. The third-order valence-electron chi connectivity index (χ3n) is 5.63. The topological polar surface area (TPSA) is 21.1 Å². The Balaban J connectivity index is 2.00. The smallest absolute Gasteiger partial charge is 0.0674 e. The summed E-state index contributed by atoms with van der Waals surface area (Å²) in [4.78, 5) is 2.52. The molecule has 0 amide bonds. The second-order valence-corrected chi connectivity index (χ2v) is 7.27. The van der Waals surface area contributed by atoms with E-state index in [0.717, 1.165) is 12.1 Å². The van der Waals surface area contributed by atoms with Crippen molar-refractivity contribution in [3.05, 3.63) is 40.7 Å². The van der Waals surface area contributed by atoms with Crippen molar-refractivity contribution in [3.63, 3.8) is 0 Å². The number of rotatable bonds is 3. The molecule has 1 heterocycles. The molecule has 3 rings (SSSR count). The maximum atomic E-state index is 4.61. The largest absolute Gasteiger partial charge is 0.301 e. The fraction of sp³-hybridized carbons (Fsp3) is 0.550. The van der Waals surface area contributed by atoms with E-state index in [1.165, 1.54) is 35.2 Å². The summed E-state index contributed by atoms with van der Waals surface area (Å²) < 4.78 is 2.00. The van der Waals surface area contributed by atoms with Crippen LogP contribution < -0.4 is 0 Å². The van der Waals surface area contributed by atoms with Gasteiger partial charge in [-0.2, -0.15) is 5.10 Å². The van der Waals surface area contributed by atoms with Crippen LogP contribution in [-0.2, 0) is 19.9 Å². The van der Waals surface area contributed by atoms with Crippen LogP contribution in [0.4, 0.5) is 0 Å². The Morgan fingerprint density at radius 3 is 2.61 bits per heavy atom. The minimum Gasteiger partial charge on any atom is -0.301 e. The Morgan fingerprint density at radius 2 is 2.00 bits per heavy atom. The van der Waals surface area contributed by atoms with Gasteiger partial charge in [0.25, 0.3) is 0 Å². The normalized spacial score (nSPS) is 17.8. The van der Waals surface area contributed by atoms with Crippen LogP contribution in [0.3, 0.4) is 0 Å². The fourth-order valence-electron chi connectivity index (χ4n) is 3.95. The van der Waals surface area contributed by atoms with Gasteiger partial charge in [-0.3, -0.25) is 4.68 Å². The highest BCUT2D eigenvalue weighted by atomic mass is 15.3. The number of nitrogens with zero attached hydrogens (tertiary/aromatic N) is 3. The van der Waals surface area contributed by atoms with Gasteiger partial charge in [0.1, 0.15) is 0 Å². The highest BCUT2D eigenvalue weighted by molar-refractivity contribution is 5.73. The lowest BCUT2D eigenvalue weighted by Gasteiger charge is -2.35. The number of aromatic nitrogens is 2. The Hall–Kier alpha value is -1.61. The van der Waals surface area contributed by atoms with E-state index in [1.54, 1.807) is 5.56 Å². The first-order valence-corrected chi connectivity index (χ1v) is 8.73. The molecule has 23 heavy (non-hydrogen) atoms. The molecule has 1 aromatic heterocycles. The van der Waals surface area contributed by atoms with E-state index in [9.17, 15) is 0 Å². The van der Waals surface area contributed by atoms with E-state index < -0.39 is 0 Å². The summed E-state index contributed by atoms with van der Waals surface area (Å²) in [6.45, 7) is 8.87. The van der Waals surface area contributed by atoms with Crippen LogP contribution in [0.5, 0.6) is 0 Å². The summed E-state index contributed by atoms with van der Waals surface area (Å²) in [7, 11) is 4.30. The van der Waals surface area contributed by atoms with Gasteiger partial charge >= 0.3 is 0 Å². The molecule has 2 aromatic rings. The first-order chi connectivity index (χ1) is 10.9.